The third kappa shape index (κ3) is 2.70. The highest BCUT2D eigenvalue weighted by molar-refractivity contribution is 6.23. The summed E-state index contributed by atoms with van der Waals surface area (Å²) in [5.41, 5.74) is 0.0807. The number of aldehydes is 1. The number of benzene rings is 1. The van der Waals surface area contributed by atoms with Gasteiger partial charge in [-0.05, 0) is 25.0 Å². The normalized spacial score (nSPS) is 25.1. The van der Waals surface area contributed by atoms with Crippen LogP contribution in [0, 0.1) is 11.7 Å². The van der Waals surface area contributed by atoms with Crippen LogP contribution >= 0.6 is 0 Å². The molecule has 0 bridgehead atoms. The number of rotatable bonds is 3. The molecule has 0 saturated carbocycles. The number of amides is 4. The second-order valence-corrected chi connectivity index (χ2v) is 6.93. The van der Waals surface area contributed by atoms with Crippen molar-refractivity contribution >= 4 is 35.6 Å². The highest BCUT2D eigenvalue weighted by Gasteiger charge is 2.45. The van der Waals surface area contributed by atoms with Crippen molar-refractivity contribution in [1.29, 1.82) is 0 Å². The zero-order chi connectivity index (χ0) is 19.3. The van der Waals surface area contributed by atoms with E-state index in [9.17, 15) is 28.4 Å². The van der Waals surface area contributed by atoms with Gasteiger partial charge in [0.25, 0.3) is 11.8 Å². The Morgan fingerprint density at radius 1 is 1.07 bits per heavy atom. The molecule has 9 heteroatoms. The van der Waals surface area contributed by atoms with Gasteiger partial charge in [0, 0.05) is 25.4 Å². The summed E-state index contributed by atoms with van der Waals surface area (Å²) in [6.45, 7) is 0.816. The van der Waals surface area contributed by atoms with Crippen molar-refractivity contribution in [2.75, 3.05) is 18.0 Å². The van der Waals surface area contributed by atoms with Gasteiger partial charge < -0.3 is 9.69 Å². The van der Waals surface area contributed by atoms with Crippen LogP contribution in [0.5, 0.6) is 0 Å². The van der Waals surface area contributed by atoms with Crippen molar-refractivity contribution in [2.45, 2.75) is 25.3 Å². The van der Waals surface area contributed by atoms with E-state index in [0.717, 1.165) is 17.3 Å². The summed E-state index contributed by atoms with van der Waals surface area (Å²) in [5, 5.41) is 2.11. The first-order valence-electron chi connectivity index (χ1n) is 8.66. The van der Waals surface area contributed by atoms with Crippen molar-refractivity contribution in [2.24, 2.45) is 5.92 Å². The maximum atomic E-state index is 14.6. The molecule has 1 unspecified atom stereocenters. The van der Waals surface area contributed by atoms with Crippen molar-refractivity contribution in [3.05, 3.63) is 29.1 Å². The third-order valence-corrected chi connectivity index (χ3v) is 5.27. The van der Waals surface area contributed by atoms with Gasteiger partial charge in [0.05, 0.1) is 16.8 Å². The van der Waals surface area contributed by atoms with E-state index >= 15 is 0 Å². The number of hydrogen-bond donors (Lipinski definition) is 1. The number of fused-ring (bicyclic) bond motifs is 1. The number of nitrogens with one attached hydrogen (secondary N) is 1. The second-order valence-electron chi connectivity index (χ2n) is 6.93. The minimum atomic E-state index is -1.09. The molecule has 4 amide bonds. The molecule has 0 aromatic heterocycles. The zero-order valence-electron chi connectivity index (χ0n) is 14.2. The van der Waals surface area contributed by atoms with Crippen molar-refractivity contribution in [3.63, 3.8) is 0 Å². The van der Waals surface area contributed by atoms with Crippen LogP contribution in [0.4, 0.5) is 10.1 Å². The molecule has 27 heavy (non-hydrogen) atoms. The molecule has 3 aliphatic heterocycles. The van der Waals surface area contributed by atoms with E-state index in [2.05, 4.69) is 5.32 Å². The van der Waals surface area contributed by atoms with Gasteiger partial charge in [-0.3, -0.25) is 29.4 Å². The molecular formula is C18H16FN3O5. The Morgan fingerprint density at radius 2 is 1.78 bits per heavy atom. The molecule has 0 radical (unpaired) electrons. The average Bonchev–Trinajstić information content (AvgIpc) is 3.19. The summed E-state index contributed by atoms with van der Waals surface area (Å²) in [6.07, 6.45) is 1.48. The Labute approximate surface area is 153 Å². The van der Waals surface area contributed by atoms with E-state index < -0.39 is 35.5 Å². The van der Waals surface area contributed by atoms with Gasteiger partial charge in [-0.25, -0.2) is 4.39 Å². The number of anilines is 1. The highest BCUT2D eigenvalue weighted by atomic mass is 19.1. The van der Waals surface area contributed by atoms with Gasteiger partial charge in [-0.1, -0.05) is 0 Å². The summed E-state index contributed by atoms with van der Waals surface area (Å²) in [7, 11) is 0. The molecule has 8 nitrogen and oxygen atoms in total. The number of hydrogen-bond acceptors (Lipinski definition) is 6. The number of piperidine rings is 1. The first-order valence-corrected chi connectivity index (χ1v) is 8.66. The van der Waals surface area contributed by atoms with Crippen LogP contribution in [0.15, 0.2) is 12.1 Å². The van der Waals surface area contributed by atoms with Crippen LogP contribution in [0.3, 0.4) is 0 Å². The van der Waals surface area contributed by atoms with Crippen LogP contribution in [-0.2, 0) is 14.4 Å². The summed E-state index contributed by atoms with van der Waals surface area (Å²) in [5.74, 6) is -3.46. The summed E-state index contributed by atoms with van der Waals surface area (Å²) in [6, 6.07) is 1.22. The molecule has 1 aromatic rings. The summed E-state index contributed by atoms with van der Waals surface area (Å²) in [4.78, 5) is 62.2. The lowest BCUT2D eigenvalue weighted by Gasteiger charge is -2.27. The predicted molar refractivity (Wildman–Crippen MR) is 89.5 cm³/mol. The SMILES string of the molecule is O=C[C@H]1CCN(c2cc3c(cc2F)C(=O)N(C2CCC(=O)NC2=O)C3=O)C1. The molecular weight excluding hydrogens is 357 g/mol. The molecule has 0 spiro atoms. The van der Waals surface area contributed by atoms with Crippen molar-refractivity contribution < 1.29 is 28.4 Å². The molecule has 3 heterocycles. The van der Waals surface area contributed by atoms with E-state index in [1.54, 1.807) is 4.90 Å². The van der Waals surface area contributed by atoms with E-state index in [-0.39, 0.29) is 35.6 Å². The van der Waals surface area contributed by atoms with Crippen LogP contribution in [0.25, 0.3) is 0 Å². The van der Waals surface area contributed by atoms with E-state index in [1.165, 1.54) is 6.07 Å². The number of imide groups is 2. The quantitative estimate of drug-likeness (QED) is 0.602. The smallest absolute Gasteiger partial charge is 0.262 e. The van der Waals surface area contributed by atoms with E-state index in [1.807, 2.05) is 0 Å². The van der Waals surface area contributed by atoms with Gasteiger partial charge in [0.2, 0.25) is 11.8 Å². The largest absolute Gasteiger partial charge is 0.368 e. The molecule has 2 atom stereocenters. The van der Waals surface area contributed by atoms with Crippen LogP contribution < -0.4 is 10.2 Å². The number of carbonyl (C=O) groups is 5. The number of carbonyl (C=O) groups excluding carboxylic acids is 5. The zero-order valence-corrected chi connectivity index (χ0v) is 14.2. The lowest BCUT2D eigenvalue weighted by Crippen LogP contribution is -2.54. The Bertz CT molecular complexity index is 899. The highest BCUT2D eigenvalue weighted by Crippen LogP contribution is 2.34. The summed E-state index contributed by atoms with van der Waals surface area (Å²) >= 11 is 0. The maximum absolute atomic E-state index is 14.6. The van der Waals surface area contributed by atoms with Crippen LogP contribution in [0.2, 0.25) is 0 Å². The fourth-order valence-electron chi connectivity index (χ4n) is 3.84. The molecule has 1 N–H and O–H groups in total. The van der Waals surface area contributed by atoms with E-state index in [0.29, 0.717) is 19.5 Å². The minimum Gasteiger partial charge on any atom is -0.368 e. The topological polar surface area (TPSA) is 104 Å². The first-order chi connectivity index (χ1) is 12.9. The Balaban J connectivity index is 1.66. The van der Waals surface area contributed by atoms with Crippen LogP contribution in [0.1, 0.15) is 40.0 Å². The fraction of sp³-hybridized carbons (Fsp3) is 0.389. The lowest BCUT2D eigenvalue weighted by atomic mass is 10.0. The van der Waals surface area contributed by atoms with Crippen LogP contribution in [-0.4, -0.2) is 53.9 Å². The number of halogens is 1. The predicted octanol–water partition coefficient (Wildman–Crippen LogP) is 0.252. The van der Waals surface area contributed by atoms with Gasteiger partial charge in [0.15, 0.2) is 0 Å². The maximum Gasteiger partial charge on any atom is 0.262 e. The van der Waals surface area contributed by atoms with Gasteiger partial charge in [-0.2, -0.15) is 0 Å². The first kappa shape index (κ1) is 17.3. The standard InChI is InChI=1S/C18H16FN3O5/c19-12-5-10-11(6-14(12)21-4-3-9(7-21)8-23)18(27)22(17(10)26)13-1-2-15(24)20-16(13)25/h5-6,8-9,13H,1-4,7H2,(H,20,24,25)/t9-,13?/m0/s1. The molecule has 2 saturated heterocycles. The fourth-order valence-corrected chi connectivity index (χ4v) is 3.84. The molecule has 2 fully saturated rings. The van der Waals surface area contributed by atoms with Gasteiger partial charge in [0.1, 0.15) is 18.1 Å². The molecule has 0 aliphatic carbocycles. The van der Waals surface area contributed by atoms with Crippen molar-refractivity contribution in [1.82, 2.24) is 10.2 Å². The molecule has 140 valence electrons. The van der Waals surface area contributed by atoms with Gasteiger partial charge in [-0.15, -0.1) is 0 Å². The molecule has 1 aromatic carbocycles. The molecule has 4 rings (SSSR count). The summed E-state index contributed by atoms with van der Waals surface area (Å²) < 4.78 is 14.6. The Kier molecular flexibility index (Phi) is 4.01. The third-order valence-electron chi connectivity index (χ3n) is 5.27. The lowest BCUT2D eigenvalue weighted by molar-refractivity contribution is -0.136. The number of nitrogens with zero attached hydrogens (tertiary/aromatic N) is 2. The van der Waals surface area contributed by atoms with E-state index in [4.69, 9.17) is 0 Å². The van der Waals surface area contributed by atoms with Gasteiger partial charge >= 0.3 is 0 Å². The molecule has 3 aliphatic rings. The Morgan fingerprint density at radius 3 is 2.41 bits per heavy atom. The minimum absolute atomic E-state index is 0.0181. The average molecular weight is 373 g/mol. The monoisotopic (exact) mass is 373 g/mol. The Hall–Kier alpha value is -3.10. The van der Waals surface area contributed by atoms with Crippen molar-refractivity contribution in [3.8, 4) is 0 Å². The second kappa shape index (κ2) is 6.26.